The number of benzene rings is 1. The predicted octanol–water partition coefficient (Wildman–Crippen LogP) is 2.87. The molecule has 1 rings (SSSR count). The molecule has 1 aromatic carbocycles. The summed E-state index contributed by atoms with van der Waals surface area (Å²) in [6.07, 6.45) is 0.892. The standard InChI is InChI=1S/C11H16FN/c1-8(2)6-11(13)9-4-3-5-10(12)7-9/h3-5,7-8,11H,6,13H2,1-2H3/t11-/m1/s1. The maximum atomic E-state index is 12.8. The third kappa shape index (κ3) is 3.15. The van der Waals surface area contributed by atoms with Crippen LogP contribution in [0, 0.1) is 11.7 Å². The Labute approximate surface area is 78.8 Å². The lowest BCUT2D eigenvalue weighted by atomic mass is 9.98. The third-order valence-corrected chi connectivity index (χ3v) is 2.00. The van der Waals surface area contributed by atoms with E-state index in [4.69, 9.17) is 5.73 Å². The Hall–Kier alpha value is -0.890. The summed E-state index contributed by atoms with van der Waals surface area (Å²) in [7, 11) is 0. The molecule has 13 heavy (non-hydrogen) atoms. The summed E-state index contributed by atoms with van der Waals surface area (Å²) in [4.78, 5) is 0. The highest BCUT2D eigenvalue weighted by molar-refractivity contribution is 5.19. The van der Waals surface area contributed by atoms with Crippen LogP contribution in [-0.2, 0) is 0 Å². The second kappa shape index (κ2) is 4.38. The van der Waals surface area contributed by atoms with E-state index in [-0.39, 0.29) is 11.9 Å². The summed E-state index contributed by atoms with van der Waals surface area (Å²) in [5, 5.41) is 0. The van der Waals surface area contributed by atoms with Gasteiger partial charge in [-0.15, -0.1) is 0 Å². The van der Waals surface area contributed by atoms with Crippen LogP contribution in [0.2, 0.25) is 0 Å². The molecular formula is C11H16FN. The third-order valence-electron chi connectivity index (χ3n) is 2.00. The zero-order chi connectivity index (χ0) is 9.84. The zero-order valence-electron chi connectivity index (χ0n) is 8.13. The molecule has 0 radical (unpaired) electrons. The Bertz CT molecular complexity index is 271. The fourth-order valence-corrected chi connectivity index (χ4v) is 1.38. The lowest BCUT2D eigenvalue weighted by molar-refractivity contribution is 0.507. The van der Waals surface area contributed by atoms with Crippen molar-refractivity contribution in [2.24, 2.45) is 11.7 Å². The van der Waals surface area contributed by atoms with Crippen LogP contribution >= 0.6 is 0 Å². The van der Waals surface area contributed by atoms with Gasteiger partial charge in [-0.3, -0.25) is 0 Å². The van der Waals surface area contributed by atoms with Gasteiger partial charge in [-0.2, -0.15) is 0 Å². The Morgan fingerprint density at radius 3 is 2.62 bits per heavy atom. The molecule has 0 aromatic heterocycles. The van der Waals surface area contributed by atoms with E-state index in [1.807, 2.05) is 6.07 Å². The molecule has 0 amide bonds. The van der Waals surface area contributed by atoms with Crippen LogP contribution in [0.15, 0.2) is 24.3 Å². The number of rotatable bonds is 3. The summed E-state index contributed by atoms with van der Waals surface area (Å²) in [6.45, 7) is 4.22. The Kier molecular flexibility index (Phi) is 3.43. The van der Waals surface area contributed by atoms with Crippen molar-refractivity contribution in [2.45, 2.75) is 26.3 Å². The van der Waals surface area contributed by atoms with Crippen molar-refractivity contribution in [3.8, 4) is 0 Å². The molecule has 72 valence electrons. The summed E-state index contributed by atoms with van der Waals surface area (Å²) in [6, 6.07) is 6.47. The van der Waals surface area contributed by atoms with E-state index in [1.54, 1.807) is 6.07 Å². The first-order chi connectivity index (χ1) is 6.09. The fourth-order valence-electron chi connectivity index (χ4n) is 1.38. The first-order valence-corrected chi connectivity index (χ1v) is 4.60. The van der Waals surface area contributed by atoms with Gasteiger partial charge in [0.15, 0.2) is 0 Å². The van der Waals surface area contributed by atoms with Crippen molar-refractivity contribution in [1.29, 1.82) is 0 Å². The van der Waals surface area contributed by atoms with Crippen molar-refractivity contribution in [1.82, 2.24) is 0 Å². The van der Waals surface area contributed by atoms with E-state index in [0.717, 1.165) is 12.0 Å². The molecular weight excluding hydrogens is 165 g/mol. The molecule has 0 heterocycles. The molecule has 1 atom stereocenters. The van der Waals surface area contributed by atoms with Crippen LogP contribution in [0.25, 0.3) is 0 Å². The molecule has 0 spiro atoms. The van der Waals surface area contributed by atoms with E-state index < -0.39 is 0 Å². The highest BCUT2D eigenvalue weighted by Gasteiger charge is 2.08. The van der Waals surface area contributed by atoms with Gasteiger partial charge in [0.1, 0.15) is 5.82 Å². The minimum atomic E-state index is -0.211. The molecule has 1 nitrogen and oxygen atoms in total. The lowest BCUT2D eigenvalue weighted by Gasteiger charge is -2.14. The zero-order valence-corrected chi connectivity index (χ0v) is 8.13. The highest BCUT2D eigenvalue weighted by atomic mass is 19.1. The van der Waals surface area contributed by atoms with Crippen LogP contribution in [0.4, 0.5) is 4.39 Å². The highest BCUT2D eigenvalue weighted by Crippen LogP contribution is 2.18. The summed E-state index contributed by atoms with van der Waals surface area (Å²) in [5.74, 6) is 0.329. The monoisotopic (exact) mass is 181 g/mol. The quantitative estimate of drug-likeness (QED) is 0.762. The van der Waals surface area contributed by atoms with Crippen LogP contribution in [0.5, 0.6) is 0 Å². The van der Waals surface area contributed by atoms with E-state index in [9.17, 15) is 4.39 Å². The van der Waals surface area contributed by atoms with Crippen LogP contribution in [0.1, 0.15) is 31.9 Å². The molecule has 0 saturated carbocycles. The first kappa shape index (κ1) is 10.2. The molecule has 1 aromatic rings. The minimum absolute atomic E-state index is 0.0456. The fraction of sp³-hybridized carbons (Fsp3) is 0.455. The molecule has 0 aliphatic carbocycles. The molecule has 0 aliphatic rings. The van der Waals surface area contributed by atoms with Gasteiger partial charge < -0.3 is 5.73 Å². The van der Waals surface area contributed by atoms with E-state index >= 15 is 0 Å². The topological polar surface area (TPSA) is 26.0 Å². The van der Waals surface area contributed by atoms with E-state index in [0.29, 0.717) is 5.92 Å². The van der Waals surface area contributed by atoms with Gasteiger partial charge in [-0.05, 0) is 30.0 Å². The number of nitrogens with two attached hydrogens (primary N) is 1. The molecule has 2 N–H and O–H groups in total. The average molecular weight is 181 g/mol. The van der Waals surface area contributed by atoms with Crippen molar-refractivity contribution >= 4 is 0 Å². The second-order valence-corrected chi connectivity index (χ2v) is 3.79. The Morgan fingerprint density at radius 2 is 2.08 bits per heavy atom. The smallest absolute Gasteiger partial charge is 0.123 e. The molecule has 0 bridgehead atoms. The van der Waals surface area contributed by atoms with Crippen molar-refractivity contribution in [3.05, 3.63) is 35.6 Å². The van der Waals surface area contributed by atoms with Gasteiger partial charge in [0, 0.05) is 6.04 Å². The maximum absolute atomic E-state index is 12.8. The normalized spacial score (nSPS) is 13.3. The first-order valence-electron chi connectivity index (χ1n) is 4.60. The van der Waals surface area contributed by atoms with Crippen molar-refractivity contribution in [3.63, 3.8) is 0 Å². The molecule has 0 unspecified atom stereocenters. The van der Waals surface area contributed by atoms with E-state index in [2.05, 4.69) is 13.8 Å². The summed E-state index contributed by atoms with van der Waals surface area (Å²) < 4.78 is 12.8. The lowest BCUT2D eigenvalue weighted by Crippen LogP contribution is -2.12. The van der Waals surface area contributed by atoms with Gasteiger partial charge in [-0.1, -0.05) is 26.0 Å². The minimum Gasteiger partial charge on any atom is -0.324 e. The van der Waals surface area contributed by atoms with Gasteiger partial charge in [0.05, 0.1) is 0 Å². The average Bonchev–Trinajstić information content (AvgIpc) is 2.03. The maximum Gasteiger partial charge on any atom is 0.123 e. The van der Waals surface area contributed by atoms with Crippen LogP contribution < -0.4 is 5.73 Å². The second-order valence-electron chi connectivity index (χ2n) is 3.79. The SMILES string of the molecule is CC(C)C[C@@H](N)c1cccc(F)c1. The van der Waals surface area contributed by atoms with Gasteiger partial charge >= 0.3 is 0 Å². The molecule has 2 heteroatoms. The van der Waals surface area contributed by atoms with E-state index in [1.165, 1.54) is 12.1 Å². The van der Waals surface area contributed by atoms with Crippen LogP contribution in [0.3, 0.4) is 0 Å². The molecule has 0 aliphatic heterocycles. The Morgan fingerprint density at radius 1 is 1.38 bits per heavy atom. The Balaban J connectivity index is 2.71. The van der Waals surface area contributed by atoms with Crippen LogP contribution in [-0.4, -0.2) is 0 Å². The summed E-state index contributed by atoms with van der Waals surface area (Å²) in [5.41, 5.74) is 6.78. The number of hydrogen-bond acceptors (Lipinski definition) is 1. The molecule has 0 saturated heterocycles. The largest absolute Gasteiger partial charge is 0.324 e. The van der Waals surface area contributed by atoms with Crippen molar-refractivity contribution in [2.75, 3.05) is 0 Å². The number of halogens is 1. The molecule has 0 fully saturated rings. The van der Waals surface area contributed by atoms with Gasteiger partial charge in [-0.25, -0.2) is 4.39 Å². The number of hydrogen-bond donors (Lipinski definition) is 1. The van der Waals surface area contributed by atoms with Gasteiger partial charge in [0.2, 0.25) is 0 Å². The predicted molar refractivity (Wildman–Crippen MR) is 52.8 cm³/mol. The van der Waals surface area contributed by atoms with Gasteiger partial charge in [0.25, 0.3) is 0 Å². The summed E-state index contributed by atoms with van der Waals surface area (Å²) >= 11 is 0. The van der Waals surface area contributed by atoms with Crippen molar-refractivity contribution < 1.29 is 4.39 Å².